The van der Waals surface area contributed by atoms with Crippen LogP contribution in [0.1, 0.15) is 5.56 Å². The van der Waals surface area contributed by atoms with Gasteiger partial charge in [0.05, 0.1) is 0 Å². The van der Waals surface area contributed by atoms with Gasteiger partial charge in [-0.25, -0.2) is 9.97 Å². The van der Waals surface area contributed by atoms with E-state index in [4.69, 9.17) is 5.73 Å². The number of nitrogens with zero attached hydrogens (tertiary/aromatic N) is 2. The van der Waals surface area contributed by atoms with Crippen molar-refractivity contribution < 1.29 is 0 Å². The molecule has 0 radical (unpaired) electrons. The Morgan fingerprint density at radius 2 is 2.05 bits per heavy atom. The van der Waals surface area contributed by atoms with Crippen molar-refractivity contribution in [1.29, 1.82) is 0 Å². The van der Waals surface area contributed by atoms with Gasteiger partial charge in [-0.1, -0.05) is 18.2 Å². The Balaban J connectivity index is 2.11. The minimum atomic E-state index is 0.519. The molecule has 2 aromatic rings. The molecule has 0 fully saturated rings. The Hall–Kier alpha value is -2.40. The highest BCUT2D eigenvalue weighted by molar-refractivity contribution is 5.59. The minimum absolute atomic E-state index is 0.519. The Morgan fingerprint density at radius 1 is 1.21 bits per heavy atom. The van der Waals surface area contributed by atoms with E-state index in [2.05, 4.69) is 27.2 Å². The summed E-state index contributed by atoms with van der Waals surface area (Å²) >= 11 is 0. The zero-order valence-electron chi connectivity index (χ0n) is 10.6. The molecular weight excluding hydrogens is 238 g/mol. The lowest BCUT2D eigenvalue weighted by molar-refractivity contribution is 1.07. The number of aromatic nitrogens is 2. The number of hydrogen-bond acceptors (Lipinski definition) is 5. The lowest BCUT2D eigenvalue weighted by Gasteiger charge is -2.08. The van der Waals surface area contributed by atoms with Crippen molar-refractivity contribution >= 4 is 17.3 Å². The van der Waals surface area contributed by atoms with E-state index in [-0.39, 0.29) is 0 Å². The lowest BCUT2D eigenvalue weighted by atomic mass is 10.2. The molecule has 0 saturated carbocycles. The first kappa shape index (κ1) is 13.0. The molecule has 5 nitrogen and oxygen atoms in total. The van der Waals surface area contributed by atoms with Crippen molar-refractivity contribution in [3.63, 3.8) is 0 Å². The molecule has 0 aliphatic rings. The van der Waals surface area contributed by atoms with E-state index in [0.717, 1.165) is 22.9 Å². The average molecular weight is 255 g/mol. The molecule has 1 aromatic heterocycles. The van der Waals surface area contributed by atoms with E-state index in [1.807, 2.05) is 30.3 Å². The fraction of sp³-hybridized carbons (Fsp3) is 0.143. The molecule has 0 saturated heterocycles. The summed E-state index contributed by atoms with van der Waals surface area (Å²) in [6.45, 7) is 4.84. The average Bonchev–Trinajstić information content (AvgIpc) is 2.46. The van der Waals surface area contributed by atoms with Gasteiger partial charge in [-0.05, 0) is 17.7 Å². The summed E-state index contributed by atoms with van der Waals surface area (Å²) in [6.07, 6.45) is 3.29. The molecule has 2 rings (SSSR count). The Kier molecular flexibility index (Phi) is 4.47. The van der Waals surface area contributed by atoms with Crippen LogP contribution in [0.3, 0.4) is 0 Å². The second kappa shape index (κ2) is 6.51. The standard InChI is InChI=1S/C14H17N5/c1-2-6-16-13-8-14(18-10-17-13)19-12-5-3-4-11(7-12)9-15/h2-5,7-8,10H,1,6,9,15H2,(H2,16,17,18,19). The molecule has 1 heterocycles. The van der Waals surface area contributed by atoms with Crippen molar-refractivity contribution in [3.8, 4) is 0 Å². The van der Waals surface area contributed by atoms with Crippen LogP contribution in [-0.4, -0.2) is 16.5 Å². The molecule has 0 aliphatic carbocycles. The first-order valence-electron chi connectivity index (χ1n) is 6.04. The van der Waals surface area contributed by atoms with Gasteiger partial charge in [0.25, 0.3) is 0 Å². The smallest absolute Gasteiger partial charge is 0.135 e. The van der Waals surface area contributed by atoms with E-state index in [1.165, 1.54) is 6.33 Å². The van der Waals surface area contributed by atoms with Crippen LogP contribution in [-0.2, 0) is 6.54 Å². The van der Waals surface area contributed by atoms with Crippen molar-refractivity contribution in [2.45, 2.75) is 6.54 Å². The van der Waals surface area contributed by atoms with Crippen molar-refractivity contribution in [2.24, 2.45) is 5.73 Å². The maximum absolute atomic E-state index is 5.62. The molecule has 19 heavy (non-hydrogen) atoms. The zero-order chi connectivity index (χ0) is 13.5. The largest absolute Gasteiger partial charge is 0.366 e. The summed E-state index contributed by atoms with van der Waals surface area (Å²) in [5, 5.41) is 6.34. The maximum Gasteiger partial charge on any atom is 0.135 e. The summed E-state index contributed by atoms with van der Waals surface area (Å²) in [5.74, 6) is 1.49. The highest BCUT2D eigenvalue weighted by atomic mass is 15.1. The van der Waals surface area contributed by atoms with E-state index in [1.54, 1.807) is 6.08 Å². The second-order valence-corrected chi connectivity index (χ2v) is 3.99. The predicted octanol–water partition coefficient (Wildman–Crippen LogP) is 2.28. The van der Waals surface area contributed by atoms with Crippen LogP contribution in [0.4, 0.5) is 17.3 Å². The predicted molar refractivity (Wildman–Crippen MR) is 78.3 cm³/mol. The van der Waals surface area contributed by atoms with Crippen LogP contribution in [0.25, 0.3) is 0 Å². The van der Waals surface area contributed by atoms with Crippen LogP contribution in [0.5, 0.6) is 0 Å². The van der Waals surface area contributed by atoms with E-state index < -0.39 is 0 Å². The molecule has 0 bridgehead atoms. The monoisotopic (exact) mass is 255 g/mol. The summed E-state index contributed by atoms with van der Waals surface area (Å²) < 4.78 is 0. The molecule has 0 spiro atoms. The minimum Gasteiger partial charge on any atom is -0.366 e. The van der Waals surface area contributed by atoms with Crippen LogP contribution < -0.4 is 16.4 Å². The molecule has 1 aromatic carbocycles. The molecule has 0 aliphatic heterocycles. The Bertz CT molecular complexity index is 553. The van der Waals surface area contributed by atoms with Crippen LogP contribution in [0.2, 0.25) is 0 Å². The van der Waals surface area contributed by atoms with Crippen molar-refractivity contribution in [1.82, 2.24) is 9.97 Å². The lowest BCUT2D eigenvalue weighted by Crippen LogP contribution is -2.02. The van der Waals surface area contributed by atoms with Crippen molar-refractivity contribution in [2.75, 3.05) is 17.2 Å². The highest BCUT2D eigenvalue weighted by Gasteiger charge is 1.99. The summed E-state index contributed by atoms with van der Waals surface area (Å²) in [5.41, 5.74) is 7.65. The molecular formula is C14H17N5. The third-order valence-corrected chi connectivity index (χ3v) is 2.53. The summed E-state index contributed by atoms with van der Waals surface area (Å²) in [4.78, 5) is 8.30. The van der Waals surface area contributed by atoms with Gasteiger partial charge in [0, 0.05) is 24.8 Å². The number of anilines is 3. The highest BCUT2D eigenvalue weighted by Crippen LogP contribution is 2.17. The maximum atomic E-state index is 5.62. The van der Waals surface area contributed by atoms with Crippen LogP contribution in [0, 0.1) is 0 Å². The van der Waals surface area contributed by atoms with Crippen LogP contribution in [0.15, 0.2) is 49.3 Å². The third kappa shape index (κ3) is 3.79. The number of benzene rings is 1. The zero-order valence-corrected chi connectivity index (χ0v) is 10.6. The normalized spacial score (nSPS) is 9.95. The Morgan fingerprint density at radius 3 is 2.84 bits per heavy atom. The summed E-state index contributed by atoms with van der Waals surface area (Å²) in [7, 11) is 0. The molecule has 5 heteroatoms. The SMILES string of the molecule is C=CCNc1cc(Nc2cccc(CN)c2)ncn1. The topological polar surface area (TPSA) is 75.9 Å². The van der Waals surface area contributed by atoms with E-state index in [9.17, 15) is 0 Å². The third-order valence-electron chi connectivity index (χ3n) is 2.53. The van der Waals surface area contributed by atoms with Gasteiger partial charge < -0.3 is 16.4 Å². The van der Waals surface area contributed by atoms with Gasteiger partial charge in [-0.15, -0.1) is 6.58 Å². The fourth-order valence-corrected chi connectivity index (χ4v) is 1.62. The number of nitrogens with one attached hydrogen (secondary N) is 2. The van der Waals surface area contributed by atoms with Gasteiger partial charge >= 0.3 is 0 Å². The number of hydrogen-bond donors (Lipinski definition) is 3. The van der Waals surface area contributed by atoms with Gasteiger partial charge in [-0.2, -0.15) is 0 Å². The fourth-order valence-electron chi connectivity index (χ4n) is 1.62. The van der Waals surface area contributed by atoms with E-state index >= 15 is 0 Å². The Labute approximate surface area is 112 Å². The molecule has 0 unspecified atom stereocenters. The van der Waals surface area contributed by atoms with Crippen molar-refractivity contribution in [3.05, 3.63) is 54.9 Å². The van der Waals surface area contributed by atoms with E-state index in [0.29, 0.717) is 13.1 Å². The van der Waals surface area contributed by atoms with Gasteiger partial charge in [0.2, 0.25) is 0 Å². The van der Waals surface area contributed by atoms with Gasteiger partial charge in [0.1, 0.15) is 18.0 Å². The van der Waals surface area contributed by atoms with Gasteiger partial charge in [-0.3, -0.25) is 0 Å². The molecule has 0 amide bonds. The first-order chi connectivity index (χ1) is 9.31. The quantitative estimate of drug-likeness (QED) is 0.690. The number of nitrogens with two attached hydrogens (primary N) is 1. The first-order valence-corrected chi connectivity index (χ1v) is 6.04. The molecule has 0 atom stereocenters. The summed E-state index contributed by atoms with van der Waals surface area (Å²) in [6, 6.07) is 9.76. The molecule has 98 valence electrons. The van der Waals surface area contributed by atoms with Crippen LogP contribution >= 0.6 is 0 Å². The van der Waals surface area contributed by atoms with Gasteiger partial charge in [0.15, 0.2) is 0 Å². The number of rotatable bonds is 6. The molecule has 4 N–H and O–H groups in total. The second-order valence-electron chi connectivity index (χ2n) is 3.99.